The zero-order valence-corrected chi connectivity index (χ0v) is 10.5. The number of aliphatic hydroxyl groups is 2. The normalized spacial score (nSPS) is 14.4. The van der Waals surface area contributed by atoms with Gasteiger partial charge in [-0.2, -0.15) is 0 Å². The van der Waals surface area contributed by atoms with Gasteiger partial charge in [0.2, 0.25) is 0 Å². The average Bonchev–Trinajstić information content (AvgIpc) is 2.83. The van der Waals surface area contributed by atoms with E-state index in [9.17, 15) is 15.0 Å². The highest BCUT2D eigenvalue weighted by atomic mass is 32.1. The molecular formula is C10H16N2O4S. The second-order valence-electron chi connectivity index (χ2n) is 3.47. The number of carbonyl (C=O) groups is 1. The minimum Gasteiger partial charge on any atom is -0.464 e. The summed E-state index contributed by atoms with van der Waals surface area (Å²) in [6.45, 7) is 0.591. The molecule has 1 aromatic rings. The molecule has 0 aliphatic rings. The largest absolute Gasteiger partial charge is 0.464 e. The highest BCUT2D eigenvalue weighted by molar-refractivity contribution is 7.09. The second-order valence-corrected chi connectivity index (χ2v) is 4.36. The van der Waals surface area contributed by atoms with E-state index in [0.717, 1.165) is 11.3 Å². The van der Waals surface area contributed by atoms with Crippen LogP contribution in [0.15, 0.2) is 5.38 Å². The van der Waals surface area contributed by atoms with Crippen molar-refractivity contribution in [2.75, 3.05) is 20.7 Å². The first-order valence-corrected chi connectivity index (χ1v) is 6.02. The minimum atomic E-state index is -1.08. The van der Waals surface area contributed by atoms with Crippen molar-refractivity contribution in [3.05, 3.63) is 16.1 Å². The Morgan fingerprint density at radius 2 is 2.35 bits per heavy atom. The number of nitrogens with one attached hydrogen (secondary N) is 1. The van der Waals surface area contributed by atoms with Crippen LogP contribution >= 0.6 is 11.3 Å². The molecule has 6 nitrogen and oxygen atoms in total. The number of thiazole rings is 1. The second kappa shape index (κ2) is 6.65. The van der Waals surface area contributed by atoms with Crippen LogP contribution in [0, 0.1) is 0 Å². The Morgan fingerprint density at radius 1 is 1.65 bits per heavy atom. The molecule has 0 spiro atoms. The molecule has 7 heteroatoms. The van der Waals surface area contributed by atoms with E-state index >= 15 is 0 Å². The molecule has 0 saturated carbocycles. The lowest BCUT2D eigenvalue weighted by Gasteiger charge is -2.15. The Balaban J connectivity index is 2.65. The van der Waals surface area contributed by atoms with Crippen LogP contribution in [0.4, 0.5) is 0 Å². The Labute approximate surface area is 103 Å². The summed E-state index contributed by atoms with van der Waals surface area (Å²) >= 11 is 1.12. The lowest BCUT2D eigenvalue weighted by atomic mass is 10.1. The fraction of sp³-hybridized carbons (Fsp3) is 0.600. The molecule has 0 saturated heterocycles. The Kier molecular flexibility index (Phi) is 5.49. The predicted octanol–water partition coefficient (Wildman–Crippen LogP) is -0.0665. The predicted molar refractivity (Wildman–Crippen MR) is 63.0 cm³/mol. The van der Waals surface area contributed by atoms with Crippen molar-refractivity contribution in [3.63, 3.8) is 0 Å². The first-order chi connectivity index (χ1) is 8.10. The van der Waals surface area contributed by atoms with Crippen molar-refractivity contribution in [3.8, 4) is 0 Å². The van der Waals surface area contributed by atoms with Gasteiger partial charge in [-0.1, -0.05) is 0 Å². The number of methoxy groups -OCH3 is 1. The van der Waals surface area contributed by atoms with E-state index in [4.69, 9.17) is 0 Å². The van der Waals surface area contributed by atoms with Crippen LogP contribution in [0.5, 0.6) is 0 Å². The summed E-state index contributed by atoms with van der Waals surface area (Å²) in [6, 6.07) is 0. The number of aromatic nitrogens is 1. The molecule has 17 heavy (non-hydrogen) atoms. The average molecular weight is 260 g/mol. The van der Waals surface area contributed by atoms with Gasteiger partial charge in [0.1, 0.15) is 11.1 Å². The number of hydrogen-bond donors (Lipinski definition) is 3. The summed E-state index contributed by atoms with van der Waals surface area (Å²) < 4.78 is 4.51. The lowest BCUT2D eigenvalue weighted by molar-refractivity contribution is 0.0137. The zero-order valence-electron chi connectivity index (χ0n) is 9.71. The van der Waals surface area contributed by atoms with E-state index in [2.05, 4.69) is 15.0 Å². The van der Waals surface area contributed by atoms with Gasteiger partial charge < -0.3 is 20.3 Å². The van der Waals surface area contributed by atoms with Gasteiger partial charge in [-0.3, -0.25) is 0 Å². The standard InChI is InChI=1S/C10H16N2O4S/c1-11-4-3-7(13)8(14)9-12-6(5-17-9)10(15)16-2/h5,7-8,11,13-14H,3-4H2,1-2H3. The smallest absolute Gasteiger partial charge is 0.357 e. The van der Waals surface area contributed by atoms with Crippen LogP contribution in [0.2, 0.25) is 0 Å². The van der Waals surface area contributed by atoms with E-state index in [-0.39, 0.29) is 5.69 Å². The molecule has 0 amide bonds. The summed E-state index contributed by atoms with van der Waals surface area (Å²) in [5, 5.41) is 24.2. The van der Waals surface area contributed by atoms with Gasteiger partial charge >= 0.3 is 5.97 Å². The zero-order chi connectivity index (χ0) is 12.8. The highest BCUT2D eigenvalue weighted by Gasteiger charge is 2.22. The van der Waals surface area contributed by atoms with Crippen molar-refractivity contribution >= 4 is 17.3 Å². The van der Waals surface area contributed by atoms with E-state index < -0.39 is 18.2 Å². The molecule has 2 unspecified atom stereocenters. The third kappa shape index (κ3) is 3.74. The monoisotopic (exact) mass is 260 g/mol. The van der Waals surface area contributed by atoms with Crippen LogP contribution in [-0.4, -0.2) is 48.0 Å². The van der Waals surface area contributed by atoms with Gasteiger partial charge in [0.05, 0.1) is 13.2 Å². The molecule has 0 aliphatic carbocycles. The van der Waals surface area contributed by atoms with E-state index in [1.165, 1.54) is 12.5 Å². The molecule has 2 atom stereocenters. The molecule has 0 fully saturated rings. The molecule has 96 valence electrons. The van der Waals surface area contributed by atoms with Crippen LogP contribution in [0.3, 0.4) is 0 Å². The van der Waals surface area contributed by atoms with Crippen LogP contribution < -0.4 is 5.32 Å². The number of esters is 1. The van der Waals surface area contributed by atoms with Crippen molar-refractivity contribution in [2.45, 2.75) is 18.6 Å². The molecule has 1 aromatic heterocycles. The summed E-state index contributed by atoms with van der Waals surface area (Å²) in [7, 11) is 3.03. The van der Waals surface area contributed by atoms with Crippen molar-refractivity contribution in [1.82, 2.24) is 10.3 Å². The SMILES string of the molecule is CNCCC(O)C(O)c1nc(C(=O)OC)cs1. The van der Waals surface area contributed by atoms with E-state index in [1.807, 2.05) is 0 Å². The first kappa shape index (κ1) is 14.0. The molecule has 1 rings (SSSR count). The number of rotatable bonds is 6. The number of nitrogens with zero attached hydrogens (tertiary/aromatic N) is 1. The van der Waals surface area contributed by atoms with E-state index in [1.54, 1.807) is 7.05 Å². The minimum absolute atomic E-state index is 0.146. The molecule has 0 radical (unpaired) electrons. The van der Waals surface area contributed by atoms with Gasteiger partial charge in [-0.05, 0) is 20.0 Å². The van der Waals surface area contributed by atoms with Crippen molar-refractivity contribution < 1.29 is 19.7 Å². The van der Waals surface area contributed by atoms with Crippen LogP contribution in [-0.2, 0) is 4.74 Å². The molecule has 1 heterocycles. The summed E-state index contributed by atoms with van der Waals surface area (Å²) in [5.41, 5.74) is 0.146. The van der Waals surface area contributed by atoms with E-state index in [0.29, 0.717) is 18.0 Å². The summed E-state index contributed by atoms with van der Waals surface area (Å²) in [4.78, 5) is 15.1. The molecule has 0 bridgehead atoms. The molecule has 0 aliphatic heterocycles. The maximum Gasteiger partial charge on any atom is 0.357 e. The van der Waals surface area contributed by atoms with Crippen molar-refractivity contribution in [1.29, 1.82) is 0 Å². The Morgan fingerprint density at radius 3 is 2.94 bits per heavy atom. The number of ether oxygens (including phenoxy) is 1. The molecule has 3 N–H and O–H groups in total. The molecule has 0 aromatic carbocycles. The fourth-order valence-corrected chi connectivity index (χ4v) is 2.07. The van der Waals surface area contributed by atoms with Gasteiger partial charge in [-0.25, -0.2) is 9.78 Å². The number of carbonyl (C=O) groups excluding carboxylic acids is 1. The maximum absolute atomic E-state index is 11.2. The topological polar surface area (TPSA) is 91.7 Å². The first-order valence-electron chi connectivity index (χ1n) is 5.14. The highest BCUT2D eigenvalue weighted by Crippen LogP contribution is 2.22. The quantitative estimate of drug-likeness (QED) is 0.620. The van der Waals surface area contributed by atoms with Crippen LogP contribution in [0.25, 0.3) is 0 Å². The third-order valence-electron chi connectivity index (χ3n) is 2.22. The Bertz CT molecular complexity index is 369. The van der Waals surface area contributed by atoms with Gasteiger partial charge in [0, 0.05) is 5.38 Å². The van der Waals surface area contributed by atoms with Gasteiger partial charge in [0.15, 0.2) is 5.69 Å². The Hall–Kier alpha value is -1.02. The number of aliphatic hydroxyl groups excluding tert-OH is 2. The van der Waals surface area contributed by atoms with Gasteiger partial charge in [-0.15, -0.1) is 11.3 Å². The van der Waals surface area contributed by atoms with Crippen molar-refractivity contribution in [2.24, 2.45) is 0 Å². The third-order valence-corrected chi connectivity index (χ3v) is 3.14. The van der Waals surface area contributed by atoms with Crippen LogP contribution in [0.1, 0.15) is 28.0 Å². The number of hydrogen-bond acceptors (Lipinski definition) is 7. The molecular weight excluding hydrogens is 244 g/mol. The summed E-state index contributed by atoms with van der Waals surface area (Å²) in [6.07, 6.45) is -1.57. The summed E-state index contributed by atoms with van der Waals surface area (Å²) in [5.74, 6) is -0.551. The fourth-order valence-electron chi connectivity index (χ4n) is 1.24. The maximum atomic E-state index is 11.2. The lowest BCUT2D eigenvalue weighted by Crippen LogP contribution is -2.23. The van der Waals surface area contributed by atoms with Gasteiger partial charge in [0.25, 0.3) is 0 Å².